The summed E-state index contributed by atoms with van der Waals surface area (Å²) in [5.41, 5.74) is 2.18. The molecule has 0 aliphatic rings. The van der Waals surface area contributed by atoms with Crippen LogP contribution >= 0.6 is 0 Å². The summed E-state index contributed by atoms with van der Waals surface area (Å²) in [7, 11) is 1.54. The number of nitrogens with one attached hydrogen (secondary N) is 1. The first-order valence-corrected chi connectivity index (χ1v) is 9.15. The van der Waals surface area contributed by atoms with Gasteiger partial charge in [0.2, 0.25) is 5.91 Å². The summed E-state index contributed by atoms with van der Waals surface area (Å²) in [5, 5.41) is 3.61. The van der Waals surface area contributed by atoms with Crippen molar-refractivity contribution in [2.24, 2.45) is 0 Å². The number of hydrogen-bond donors (Lipinski definition) is 1. The highest BCUT2D eigenvalue weighted by atomic mass is 16.5. The first kappa shape index (κ1) is 18.4. The van der Waals surface area contributed by atoms with Gasteiger partial charge in [-0.05, 0) is 18.2 Å². The van der Waals surface area contributed by atoms with Gasteiger partial charge in [-0.1, -0.05) is 60.7 Å². The Hall–Kier alpha value is -3.93. The van der Waals surface area contributed by atoms with E-state index in [1.165, 1.54) is 11.7 Å². The van der Waals surface area contributed by atoms with Gasteiger partial charge in [-0.2, -0.15) is 4.98 Å². The Morgan fingerprint density at radius 1 is 0.966 bits per heavy atom. The molecule has 0 saturated heterocycles. The van der Waals surface area contributed by atoms with Gasteiger partial charge in [-0.15, -0.1) is 0 Å². The van der Waals surface area contributed by atoms with Gasteiger partial charge in [-0.3, -0.25) is 9.36 Å². The number of ether oxygens (including phenoxy) is 1. The molecule has 1 amide bonds. The largest absolute Gasteiger partial charge is 0.495 e. The van der Waals surface area contributed by atoms with E-state index in [1.54, 1.807) is 18.2 Å². The number of fused-ring (bicyclic) bond motifs is 1. The van der Waals surface area contributed by atoms with Crippen LogP contribution in [0.5, 0.6) is 5.75 Å². The molecule has 3 aromatic carbocycles. The average molecular weight is 385 g/mol. The number of para-hydroxylation sites is 3. The second-order valence-electron chi connectivity index (χ2n) is 6.46. The van der Waals surface area contributed by atoms with Crippen LogP contribution in [0.2, 0.25) is 0 Å². The average Bonchev–Trinajstić information content (AvgIpc) is 2.76. The quantitative estimate of drug-likeness (QED) is 0.568. The summed E-state index contributed by atoms with van der Waals surface area (Å²) in [6.45, 7) is -0.153. The maximum atomic E-state index is 12.8. The van der Waals surface area contributed by atoms with Crippen LogP contribution in [0.4, 0.5) is 5.69 Å². The molecule has 0 aliphatic heterocycles. The van der Waals surface area contributed by atoms with Crippen molar-refractivity contribution in [1.82, 2.24) is 9.55 Å². The number of nitrogens with zero attached hydrogens (tertiary/aromatic N) is 2. The number of anilines is 1. The van der Waals surface area contributed by atoms with Crippen molar-refractivity contribution in [3.63, 3.8) is 0 Å². The van der Waals surface area contributed by atoms with E-state index in [4.69, 9.17) is 4.74 Å². The highest BCUT2D eigenvalue weighted by Gasteiger charge is 2.15. The van der Waals surface area contributed by atoms with Crippen molar-refractivity contribution in [3.05, 3.63) is 89.3 Å². The van der Waals surface area contributed by atoms with Crippen LogP contribution in [0.1, 0.15) is 0 Å². The minimum absolute atomic E-state index is 0.153. The van der Waals surface area contributed by atoms with Crippen LogP contribution in [-0.4, -0.2) is 22.6 Å². The summed E-state index contributed by atoms with van der Waals surface area (Å²) in [6, 6.07) is 24.1. The molecule has 0 saturated carbocycles. The number of hydrogen-bond acceptors (Lipinski definition) is 4. The van der Waals surface area contributed by atoms with Crippen LogP contribution < -0.4 is 15.7 Å². The maximum Gasteiger partial charge on any atom is 0.349 e. The Morgan fingerprint density at radius 2 is 1.66 bits per heavy atom. The van der Waals surface area contributed by atoms with E-state index < -0.39 is 5.69 Å². The van der Waals surface area contributed by atoms with E-state index in [0.717, 1.165) is 10.9 Å². The number of carbonyl (C=O) groups is 1. The van der Waals surface area contributed by atoms with Crippen molar-refractivity contribution < 1.29 is 9.53 Å². The lowest BCUT2D eigenvalue weighted by molar-refractivity contribution is -0.116. The van der Waals surface area contributed by atoms with Gasteiger partial charge >= 0.3 is 5.69 Å². The maximum absolute atomic E-state index is 12.8. The normalized spacial score (nSPS) is 10.7. The van der Waals surface area contributed by atoms with E-state index in [1.807, 2.05) is 60.7 Å². The molecule has 0 unspecified atom stereocenters. The van der Waals surface area contributed by atoms with E-state index in [9.17, 15) is 9.59 Å². The van der Waals surface area contributed by atoms with Crippen LogP contribution in [0.15, 0.2) is 83.7 Å². The van der Waals surface area contributed by atoms with E-state index >= 15 is 0 Å². The molecule has 4 rings (SSSR count). The number of rotatable bonds is 5. The molecule has 144 valence electrons. The molecule has 0 aliphatic carbocycles. The van der Waals surface area contributed by atoms with Crippen LogP contribution in [-0.2, 0) is 11.3 Å². The minimum atomic E-state index is -0.474. The molecular formula is C23H19N3O3. The second-order valence-corrected chi connectivity index (χ2v) is 6.46. The van der Waals surface area contributed by atoms with Gasteiger partial charge in [0.05, 0.1) is 24.0 Å². The third-order valence-electron chi connectivity index (χ3n) is 4.62. The molecule has 6 heteroatoms. The van der Waals surface area contributed by atoms with Crippen molar-refractivity contribution in [3.8, 4) is 17.0 Å². The first-order valence-electron chi connectivity index (χ1n) is 9.15. The van der Waals surface area contributed by atoms with Gasteiger partial charge in [-0.25, -0.2) is 4.79 Å². The smallest absolute Gasteiger partial charge is 0.349 e. The molecule has 0 bridgehead atoms. The zero-order valence-corrected chi connectivity index (χ0v) is 15.8. The number of aromatic nitrogens is 2. The lowest BCUT2D eigenvalue weighted by Gasteiger charge is -2.14. The number of methoxy groups -OCH3 is 1. The minimum Gasteiger partial charge on any atom is -0.495 e. The fourth-order valence-electron chi connectivity index (χ4n) is 3.28. The first-order chi connectivity index (χ1) is 14.2. The lowest BCUT2D eigenvalue weighted by atomic mass is 10.1. The Bertz CT molecular complexity index is 1230. The van der Waals surface area contributed by atoms with Crippen molar-refractivity contribution in [2.75, 3.05) is 12.4 Å². The van der Waals surface area contributed by atoms with Crippen molar-refractivity contribution >= 4 is 22.5 Å². The highest BCUT2D eigenvalue weighted by Crippen LogP contribution is 2.26. The van der Waals surface area contributed by atoms with Gasteiger partial charge in [0, 0.05) is 10.9 Å². The molecule has 4 aromatic rings. The van der Waals surface area contributed by atoms with E-state index in [-0.39, 0.29) is 12.5 Å². The standard InChI is InChI=1S/C23H19N3O3/c1-29-20-14-8-6-12-18(20)24-21(27)15-26-19-13-7-5-11-17(19)22(25-23(26)28)16-9-3-2-4-10-16/h2-14H,15H2,1H3,(H,24,27). The zero-order valence-electron chi connectivity index (χ0n) is 15.8. The number of carbonyl (C=O) groups excluding carboxylic acids is 1. The van der Waals surface area contributed by atoms with E-state index in [2.05, 4.69) is 10.3 Å². The van der Waals surface area contributed by atoms with Gasteiger partial charge < -0.3 is 10.1 Å². The topological polar surface area (TPSA) is 73.2 Å². The van der Waals surface area contributed by atoms with Gasteiger partial charge in [0.25, 0.3) is 0 Å². The Kier molecular flexibility index (Phi) is 5.07. The molecule has 0 atom stereocenters. The molecule has 6 nitrogen and oxygen atoms in total. The fourth-order valence-corrected chi connectivity index (χ4v) is 3.28. The Balaban J connectivity index is 1.72. The molecule has 1 aromatic heterocycles. The highest BCUT2D eigenvalue weighted by molar-refractivity contribution is 5.95. The molecule has 0 spiro atoms. The van der Waals surface area contributed by atoms with Crippen LogP contribution in [0.3, 0.4) is 0 Å². The Labute approximate surface area is 167 Å². The van der Waals surface area contributed by atoms with Gasteiger partial charge in [0.15, 0.2) is 0 Å². The van der Waals surface area contributed by atoms with Crippen molar-refractivity contribution in [1.29, 1.82) is 0 Å². The zero-order chi connectivity index (χ0) is 20.2. The molecule has 1 N–H and O–H groups in total. The van der Waals surface area contributed by atoms with Crippen LogP contribution in [0.25, 0.3) is 22.2 Å². The molecular weight excluding hydrogens is 366 g/mol. The predicted octanol–water partition coefficient (Wildman–Crippen LogP) is 3.71. The molecule has 1 heterocycles. The predicted molar refractivity (Wildman–Crippen MR) is 113 cm³/mol. The summed E-state index contributed by atoms with van der Waals surface area (Å²) in [4.78, 5) is 29.7. The third-order valence-corrected chi connectivity index (χ3v) is 4.62. The summed E-state index contributed by atoms with van der Waals surface area (Å²) in [6.07, 6.45) is 0. The number of benzene rings is 3. The van der Waals surface area contributed by atoms with Crippen LogP contribution in [0, 0.1) is 0 Å². The number of amides is 1. The second kappa shape index (κ2) is 7.98. The molecule has 29 heavy (non-hydrogen) atoms. The molecule has 0 fully saturated rings. The van der Waals surface area contributed by atoms with E-state index in [0.29, 0.717) is 22.6 Å². The monoisotopic (exact) mass is 385 g/mol. The Morgan fingerprint density at radius 3 is 2.45 bits per heavy atom. The van der Waals surface area contributed by atoms with Crippen molar-refractivity contribution in [2.45, 2.75) is 6.54 Å². The molecule has 0 radical (unpaired) electrons. The lowest BCUT2D eigenvalue weighted by Crippen LogP contribution is -2.30. The summed E-state index contributed by atoms with van der Waals surface area (Å²) in [5.74, 6) is 0.214. The fraction of sp³-hybridized carbons (Fsp3) is 0.0870. The summed E-state index contributed by atoms with van der Waals surface area (Å²) >= 11 is 0. The van der Waals surface area contributed by atoms with Gasteiger partial charge in [0.1, 0.15) is 12.3 Å². The SMILES string of the molecule is COc1ccccc1NC(=O)Cn1c(=O)nc(-c2ccccc2)c2ccccc21. The summed E-state index contributed by atoms with van der Waals surface area (Å²) < 4.78 is 6.64. The third kappa shape index (κ3) is 3.73.